The predicted molar refractivity (Wildman–Crippen MR) is 68.5 cm³/mol. The quantitative estimate of drug-likeness (QED) is 0.397. The van der Waals surface area contributed by atoms with Gasteiger partial charge in [0.1, 0.15) is 0 Å². The molecule has 0 spiro atoms. The molecule has 92 valence electrons. The number of carbonyl (C=O) groups is 1. The molecule has 0 aliphatic heterocycles. The van der Waals surface area contributed by atoms with Gasteiger partial charge in [0.15, 0.2) is 0 Å². The van der Waals surface area contributed by atoms with Gasteiger partial charge in [0.25, 0.3) is 0 Å². The highest BCUT2D eigenvalue weighted by Crippen LogP contribution is 2.15. The summed E-state index contributed by atoms with van der Waals surface area (Å²) in [6.07, 6.45) is 8.20. The summed E-state index contributed by atoms with van der Waals surface area (Å²) in [5.41, 5.74) is 2.43. The zero-order valence-electron chi connectivity index (χ0n) is 11.0. The molecule has 0 aromatic carbocycles. The van der Waals surface area contributed by atoms with Crippen LogP contribution < -0.4 is 0 Å². The van der Waals surface area contributed by atoms with Crippen LogP contribution in [-0.4, -0.2) is 11.1 Å². The van der Waals surface area contributed by atoms with Gasteiger partial charge < -0.3 is 5.11 Å². The molecule has 1 N–H and O–H groups in total. The first-order valence-electron chi connectivity index (χ1n) is 6.08. The zero-order valence-corrected chi connectivity index (χ0v) is 11.0. The van der Waals surface area contributed by atoms with Crippen LogP contribution in [0.4, 0.5) is 0 Å². The molecule has 0 fully saturated rings. The van der Waals surface area contributed by atoms with Crippen molar-refractivity contribution in [2.75, 3.05) is 0 Å². The third-order valence-corrected chi connectivity index (χ3v) is 2.98. The van der Waals surface area contributed by atoms with Crippen LogP contribution in [0.3, 0.4) is 0 Å². The van der Waals surface area contributed by atoms with Crippen LogP contribution in [0.1, 0.15) is 59.8 Å². The Balaban J connectivity index is 4.22. The molecule has 0 rings (SSSR count). The fourth-order valence-corrected chi connectivity index (χ4v) is 1.50. The number of unbranched alkanes of at least 4 members (excludes halogenated alkanes) is 4. The lowest BCUT2D eigenvalue weighted by atomic mass is 10.0. The lowest BCUT2D eigenvalue weighted by Gasteiger charge is -2.05. The van der Waals surface area contributed by atoms with E-state index in [-0.39, 0.29) is 0 Å². The van der Waals surface area contributed by atoms with Crippen molar-refractivity contribution < 1.29 is 9.90 Å². The monoisotopic (exact) mass is 224 g/mol. The maximum Gasteiger partial charge on any atom is 0.331 e. The SMILES string of the molecule is CCCCCCC=C(C)C(C)=C(C)C(=O)O. The fraction of sp³-hybridized carbons (Fsp3) is 0.643. The minimum Gasteiger partial charge on any atom is -0.478 e. The maximum absolute atomic E-state index is 10.8. The molecule has 0 saturated carbocycles. The van der Waals surface area contributed by atoms with Crippen LogP contribution in [-0.2, 0) is 4.79 Å². The summed E-state index contributed by atoms with van der Waals surface area (Å²) in [7, 11) is 0. The highest BCUT2D eigenvalue weighted by molar-refractivity contribution is 5.87. The van der Waals surface area contributed by atoms with Gasteiger partial charge in [0.2, 0.25) is 0 Å². The van der Waals surface area contributed by atoms with Crippen molar-refractivity contribution in [3.8, 4) is 0 Å². The van der Waals surface area contributed by atoms with Gasteiger partial charge in [0, 0.05) is 5.57 Å². The van der Waals surface area contributed by atoms with E-state index in [0.29, 0.717) is 5.57 Å². The van der Waals surface area contributed by atoms with Crippen LogP contribution in [0.5, 0.6) is 0 Å². The molecule has 0 bridgehead atoms. The molecule has 0 radical (unpaired) electrons. The molecule has 0 aliphatic carbocycles. The maximum atomic E-state index is 10.8. The normalized spacial score (nSPS) is 13.6. The fourth-order valence-electron chi connectivity index (χ4n) is 1.50. The summed E-state index contributed by atoms with van der Waals surface area (Å²) in [6, 6.07) is 0. The minimum absolute atomic E-state index is 0.447. The first kappa shape index (κ1) is 14.9. The van der Waals surface area contributed by atoms with Crippen LogP contribution in [0.25, 0.3) is 0 Å². The zero-order chi connectivity index (χ0) is 12.6. The third-order valence-electron chi connectivity index (χ3n) is 2.98. The van der Waals surface area contributed by atoms with Crippen molar-refractivity contribution in [1.29, 1.82) is 0 Å². The number of carboxylic acid groups (broad SMARTS) is 1. The molecular weight excluding hydrogens is 200 g/mol. The number of aliphatic carboxylic acids is 1. The van der Waals surface area contributed by atoms with Gasteiger partial charge in [0.05, 0.1) is 0 Å². The topological polar surface area (TPSA) is 37.3 Å². The van der Waals surface area contributed by atoms with Gasteiger partial charge in [-0.2, -0.15) is 0 Å². The molecule has 0 atom stereocenters. The van der Waals surface area contributed by atoms with Crippen molar-refractivity contribution in [3.63, 3.8) is 0 Å². The largest absolute Gasteiger partial charge is 0.478 e. The van der Waals surface area contributed by atoms with Crippen LogP contribution >= 0.6 is 0 Å². The Morgan fingerprint density at radius 2 is 1.69 bits per heavy atom. The molecule has 0 saturated heterocycles. The van der Waals surface area contributed by atoms with E-state index in [4.69, 9.17) is 5.11 Å². The van der Waals surface area contributed by atoms with E-state index in [1.54, 1.807) is 6.92 Å². The van der Waals surface area contributed by atoms with Crippen LogP contribution in [0.15, 0.2) is 22.8 Å². The van der Waals surface area contributed by atoms with Crippen molar-refractivity contribution in [3.05, 3.63) is 22.8 Å². The molecule has 16 heavy (non-hydrogen) atoms. The van der Waals surface area contributed by atoms with E-state index < -0.39 is 5.97 Å². The van der Waals surface area contributed by atoms with Crippen molar-refractivity contribution in [1.82, 2.24) is 0 Å². The second-order valence-corrected chi connectivity index (χ2v) is 4.29. The Labute approximate surface area is 99.1 Å². The van der Waals surface area contributed by atoms with Gasteiger partial charge >= 0.3 is 5.97 Å². The number of rotatable bonds is 7. The first-order chi connectivity index (χ1) is 7.50. The predicted octanol–water partition coefficient (Wildman–Crippen LogP) is 4.32. The Hall–Kier alpha value is -1.05. The van der Waals surface area contributed by atoms with E-state index in [9.17, 15) is 4.79 Å². The number of carboxylic acids is 1. The summed E-state index contributed by atoms with van der Waals surface area (Å²) in [5, 5.41) is 8.86. The Bertz CT molecular complexity index is 285. The van der Waals surface area contributed by atoms with E-state index >= 15 is 0 Å². The number of hydrogen-bond donors (Lipinski definition) is 1. The van der Waals surface area contributed by atoms with Gasteiger partial charge in [-0.1, -0.05) is 37.8 Å². The highest BCUT2D eigenvalue weighted by atomic mass is 16.4. The second kappa shape index (κ2) is 8.14. The van der Waals surface area contributed by atoms with E-state index in [1.807, 2.05) is 13.8 Å². The molecule has 0 unspecified atom stereocenters. The lowest BCUT2D eigenvalue weighted by Crippen LogP contribution is -2.00. The molecule has 0 aliphatic rings. The summed E-state index contributed by atoms with van der Waals surface area (Å²) in [5.74, 6) is -0.823. The molecule has 2 nitrogen and oxygen atoms in total. The molecule has 0 aromatic rings. The van der Waals surface area contributed by atoms with Crippen molar-refractivity contribution in [2.24, 2.45) is 0 Å². The van der Waals surface area contributed by atoms with Crippen LogP contribution in [0, 0.1) is 0 Å². The van der Waals surface area contributed by atoms with E-state index in [0.717, 1.165) is 17.6 Å². The lowest BCUT2D eigenvalue weighted by molar-refractivity contribution is -0.132. The second-order valence-electron chi connectivity index (χ2n) is 4.29. The molecular formula is C14H24O2. The van der Waals surface area contributed by atoms with E-state index in [2.05, 4.69) is 13.0 Å². The minimum atomic E-state index is -0.823. The van der Waals surface area contributed by atoms with Gasteiger partial charge in [-0.25, -0.2) is 4.79 Å². The molecule has 0 aromatic heterocycles. The number of allylic oxidation sites excluding steroid dienone is 3. The Kier molecular flexibility index (Phi) is 7.61. The van der Waals surface area contributed by atoms with Crippen molar-refractivity contribution >= 4 is 5.97 Å². The van der Waals surface area contributed by atoms with Gasteiger partial charge in [-0.3, -0.25) is 0 Å². The highest BCUT2D eigenvalue weighted by Gasteiger charge is 2.05. The molecule has 0 heterocycles. The molecule has 0 amide bonds. The Morgan fingerprint density at radius 3 is 2.19 bits per heavy atom. The summed E-state index contributed by atoms with van der Waals surface area (Å²) in [6.45, 7) is 7.72. The van der Waals surface area contributed by atoms with Gasteiger partial charge in [-0.05, 0) is 39.2 Å². The number of hydrogen-bond acceptors (Lipinski definition) is 1. The third kappa shape index (κ3) is 5.74. The summed E-state index contributed by atoms with van der Waals surface area (Å²) < 4.78 is 0. The van der Waals surface area contributed by atoms with Crippen LogP contribution in [0.2, 0.25) is 0 Å². The average molecular weight is 224 g/mol. The standard InChI is InChI=1S/C14H24O2/c1-5-6-7-8-9-10-11(2)12(3)13(4)14(15)16/h10H,5-9H2,1-4H3,(H,15,16). The van der Waals surface area contributed by atoms with E-state index in [1.165, 1.54) is 25.7 Å². The average Bonchev–Trinajstić information content (AvgIpc) is 2.26. The Morgan fingerprint density at radius 1 is 1.06 bits per heavy atom. The van der Waals surface area contributed by atoms with Gasteiger partial charge in [-0.15, -0.1) is 0 Å². The smallest absolute Gasteiger partial charge is 0.331 e. The first-order valence-corrected chi connectivity index (χ1v) is 6.08. The summed E-state index contributed by atoms with van der Waals surface area (Å²) >= 11 is 0. The summed E-state index contributed by atoms with van der Waals surface area (Å²) in [4.78, 5) is 10.8. The van der Waals surface area contributed by atoms with Crippen molar-refractivity contribution in [2.45, 2.75) is 59.8 Å². The molecule has 2 heteroatoms.